The van der Waals surface area contributed by atoms with Crippen LogP contribution in [0.25, 0.3) is 0 Å². The molecule has 0 atom stereocenters. The van der Waals surface area contributed by atoms with Gasteiger partial charge in [0, 0.05) is 19.8 Å². The second-order valence-electron chi connectivity index (χ2n) is 2.80. The molecule has 58 valence electrons. The van der Waals surface area contributed by atoms with Crippen LogP contribution in [-0.4, -0.2) is 21.9 Å². The average molecular weight is 167 g/mol. The summed E-state index contributed by atoms with van der Waals surface area (Å²) in [6.45, 7) is 0. The van der Waals surface area contributed by atoms with Crippen molar-refractivity contribution < 1.29 is 0 Å². The lowest BCUT2D eigenvalue weighted by molar-refractivity contribution is 1.14. The van der Waals surface area contributed by atoms with Gasteiger partial charge in [-0.2, -0.15) is 0 Å². The van der Waals surface area contributed by atoms with Crippen molar-refractivity contribution >= 4 is 30.6 Å². The smallest absolute Gasteiger partial charge is 0.142 e. The third-order valence-electron chi connectivity index (χ3n) is 1.64. The van der Waals surface area contributed by atoms with Crippen LogP contribution in [-0.2, 0) is 0 Å². The molecule has 1 aromatic carbocycles. The summed E-state index contributed by atoms with van der Waals surface area (Å²) in [6.07, 6.45) is 0. The Morgan fingerprint density at radius 1 is 1.36 bits per heavy atom. The van der Waals surface area contributed by atoms with Crippen molar-refractivity contribution in [1.29, 1.82) is 0 Å². The molecule has 0 saturated carbocycles. The maximum atomic E-state index is 5.98. The summed E-state index contributed by atoms with van der Waals surface area (Å²) in [5.74, 6) is 0. The number of nitrogens with zero attached hydrogens (tertiary/aromatic N) is 1. The highest BCUT2D eigenvalue weighted by molar-refractivity contribution is 6.41. The average Bonchev–Trinajstić information content (AvgIpc) is 1.85. The first-order valence-electron chi connectivity index (χ1n) is 3.55. The normalized spacial score (nSPS) is 9.73. The Labute approximate surface area is 73.4 Å². The quantitative estimate of drug-likeness (QED) is 0.556. The van der Waals surface area contributed by atoms with E-state index in [4.69, 9.17) is 11.6 Å². The molecule has 0 aliphatic carbocycles. The monoisotopic (exact) mass is 167 g/mol. The Balaban J connectivity index is 3.21. The number of benzene rings is 1. The molecule has 11 heavy (non-hydrogen) atoms. The summed E-state index contributed by atoms with van der Waals surface area (Å²) < 4.78 is 0. The van der Waals surface area contributed by atoms with E-state index in [1.54, 1.807) is 0 Å². The van der Waals surface area contributed by atoms with Gasteiger partial charge in [0.15, 0.2) is 0 Å². The van der Waals surface area contributed by atoms with Crippen LogP contribution in [0.3, 0.4) is 0 Å². The molecule has 3 heteroatoms. The van der Waals surface area contributed by atoms with Gasteiger partial charge in [-0.1, -0.05) is 29.2 Å². The van der Waals surface area contributed by atoms with Crippen molar-refractivity contribution in [2.45, 2.75) is 0 Å². The highest BCUT2D eigenvalue weighted by Gasteiger charge is 2.03. The second kappa shape index (κ2) is 3.18. The van der Waals surface area contributed by atoms with Gasteiger partial charge in [-0.05, 0) is 6.07 Å². The van der Waals surface area contributed by atoms with Crippen molar-refractivity contribution in [3.05, 3.63) is 23.2 Å². The van der Waals surface area contributed by atoms with Gasteiger partial charge >= 0.3 is 0 Å². The van der Waals surface area contributed by atoms with Crippen LogP contribution in [0.15, 0.2) is 18.2 Å². The zero-order valence-corrected chi connectivity index (χ0v) is 7.81. The zero-order chi connectivity index (χ0) is 8.43. The van der Waals surface area contributed by atoms with E-state index in [1.165, 1.54) is 5.46 Å². The molecule has 0 saturated heterocycles. The van der Waals surface area contributed by atoms with Crippen molar-refractivity contribution in [2.75, 3.05) is 19.0 Å². The van der Waals surface area contributed by atoms with E-state index in [2.05, 4.69) is 13.9 Å². The third-order valence-corrected chi connectivity index (χ3v) is 1.94. The molecule has 0 heterocycles. The number of anilines is 1. The Kier molecular flexibility index (Phi) is 2.45. The van der Waals surface area contributed by atoms with Gasteiger partial charge in [0.05, 0.1) is 5.02 Å². The van der Waals surface area contributed by atoms with Gasteiger partial charge in [0.1, 0.15) is 7.85 Å². The first-order valence-corrected chi connectivity index (χ1v) is 3.93. The van der Waals surface area contributed by atoms with Crippen LogP contribution in [0, 0.1) is 0 Å². The maximum Gasteiger partial charge on any atom is 0.142 e. The molecule has 1 nitrogen and oxygen atoms in total. The number of hydrogen-bond donors (Lipinski definition) is 0. The first kappa shape index (κ1) is 8.47. The van der Waals surface area contributed by atoms with Gasteiger partial charge in [0.25, 0.3) is 0 Å². The van der Waals surface area contributed by atoms with E-state index in [1.807, 2.05) is 31.1 Å². The topological polar surface area (TPSA) is 3.24 Å². The first-order chi connectivity index (χ1) is 5.13. The van der Waals surface area contributed by atoms with Gasteiger partial charge in [-0.25, -0.2) is 0 Å². The molecular formula is C8H11BClN. The second-order valence-corrected chi connectivity index (χ2v) is 3.21. The zero-order valence-electron chi connectivity index (χ0n) is 7.06. The fraction of sp³-hybridized carbons (Fsp3) is 0.250. The van der Waals surface area contributed by atoms with Gasteiger partial charge in [-0.3, -0.25) is 0 Å². The number of hydrogen-bond acceptors (Lipinski definition) is 1. The van der Waals surface area contributed by atoms with E-state index in [0.717, 1.165) is 10.7 Å². The lowest BCUT2D eigenvalue weighted by Crippen LogP contribution is -2.19. The van der Waals surface area contributed by atoms with E-state index >= 15 is 0 Å². The van der Waals surface area contributed by atoms with Gasteiger partial charge in [-0.15, -0.1) is 0 Å². The number of para-hydroxylation sites is 1. The SMILES string of the molecule is Bc1cccc(Cl)c1N(C)C. The number of halogens is 1. The van der Waals surface area contributed by atoms with Crippen LogP contribution >= 0.6 is 11.6 Å². The predicted octanol–water partition coefficient (Wildman–Crippen LogP) is 0.664. The minimum absolute atomic E-state index is 0.815. The Hall–Kier alpha value is -0.625. The van der Waals surface area contributed by atoms with Crippen molar-refractivity contribution in [3.8, 4) is 0 Å². The maximum absolute atomic E-state index is 5.98. The molecule has 0 unspecified atom stereocenters. The van der Waals surface area contributed by atoms with Gasteiger partial charge < -0.3 is 4.90 Å². The molecule has 0 fully saturated rings. The molecule has 0 N–H and O–H groups in total. The largest absolute Gasteiger partial charge is 0.377 e. The van der Waals surface area contributed by atoms with Crippen molar-refractivity contribution in [2.24, 2.45) is 0 Å². The van der Waals surface area contributed by atoms with Crippen molar-refractivity contribution in [1.82, 2.24) is 0 Å². The van der Waals surface area contributed by atoms with Crippen LogP contribution in [0.5, 0.6) is 0 Å². The molecule has 0 aromatic heterocycles. The molecule has 1 aromatic rings. The van der Waals surface area contributed by atoms with Crippen LogP contribution < -0.4 is 10.4 Å². The van der Waals surface area contributed by atoms with Gasteiger partial charge in [0.2, 0.25) is 0 Å². The molecule has 0 bridgehead atoms. The Morgan fingerprint density at radius 3 is 2.36 bits per heavy atom. The molecule has 0 amide bonds. The summed E-state index contributed by atoms with van der Waals surface area (Å²) in [5.41, 5.74) is 2.32. The highest BCUT2D eigenvalue weighted by atomic mass is 35.5. The fourth-order valence-corrected chi connectivity index (χ4v) is 1.58. The summed E-state index contributed by atoms with van der Waals surface area (Å²) >= 11 is 5.98. The minimum atomic E-state index is 0.815. The molecule has 0 aliphatic heterocycles. The van der Waals surface area contributed by atoms with Crippen LogP contribution in [0.4, 0.5) is 5.69 Å². The number of rotatable bonds is 1. The molecule has 0 spiro atoms. The van der Waals surface area contributed by atoms with E-state index in [9.17, 15) is 0 Å². The highest BCUT2D eigenvalue weighted by Crippen LogP contribution is 2.20. The van der Waals surface area contributed by atoms with Crippen molar-refractivity contribution in [3.63, 3.8) is 0 Å². The predicted molar refractivity (Wildman–Crippen MR) is 54.0 cm³/mol. The molecule has 0 radical (unpaired) electrons. The van der Waals surface area contributed by atoms with Crippen LogP contribution in [0.2, 0.25) is 5.02 Å². The fourth-order valence-electron chi connectivity index (χ4n) is 1.19. The third kappa shape index (κ3) is 1.69. The lowest BCUT2D eigenvalue weighted by Gasteiger charge is -2.16. The van der Waals surface area contributed by atoms with E-state index < -0.39 is 0 Å². The molecule has 0 aliphatic rings. The lowest BCUT2D eigenvalue weighted by atomic mass is 9.94. The van der Waals surface area contributed by atoms with E-state index in [0.29, 0.717) is 0 Å². The summed E-state index contributed by atoms with van der Waals surface area (Å²) in [6, 6.07) is 5.93. The summed E-state index contributed by atoms with van der Waals surface area (Å²) in [5, 5.41) is 0.815. The standard InChI is InChI=1S/C8H11BClN/c1-11(2)8-6(9)4-3-5-7(8)10/h3-5H,9H2,1-2H3. The summed E-state index contributed by atoms with van der Waals surface area (Å²) in [4.78, 5) is 2.03. The Morgan fingerprint density at radius 2 is 2.00 bits per heavy atom. The molecular weight excluding hydrogens is 156 g/mol. The molecule has 1 rings (SSSR count). The Bertz CT molecular complexity index is 240. The summed E-state index contributed by atoms with van der Waals surface area (Å²) in [7, 11) is 6.05. The minimum Gasteiger partial charge on any atom is -0.377 e. The van der Waals surface area contributed by atoms with Crippen LogP contribution in [0.1, 0.15) is 0 Å². The van der Waals surface area contributed by atoms with E-state index in [-0.39, 0.29) is 0 Å².